The quantitative estimate of drug-likeness (QED) is 0.745. The zero-order chi connectivity index (χ0) is 9.26. The zero-order valence-electron chi connectivity index (χ0n) is 7.92. The molecule has 0 amide bonds. The second kappa shape index (κ2) is 3.13. The molecule has 0 atom stereocenters. The molecule has 0 spiro atoms. The number of hydrogen-bond acceptors (Lipinski definition) is 1. The number of aryl methyl sites for hydroxylation is 1. The third-order valence-electron chi connectivity index (χ3n) is 2.16. The number of aromatic amines is 1. The number of ether oxygens (including phenoxy) is 1. The highest BCUT2D eigenvalue weighted by Gasteiger charge is 2.01. The topological polar surface area (TPSA) is 25.0 Å². The van der Waals surface area contributed by atoms with Crippen LogP contribution in [-0.4, -0.2) is 11.6 Å². The minimum absolute atomic E-state index is 0.700. The standard InChI is InChI=1S/C11H13NO/c1-3-13-11-7-9-8(2)5-4-6-10(9)12-11/h4-7,12H,3H2,1-2H3. The number of fused-ring (bicyclic) bond motifs is 1. The maximum Gasteiger partial charge on any atom is 0.191 e. The minimum Gasteiger partial charge on any atom is -0.479 e. The Morgan fingerprint density at radius 1 is 1.38 bits per heavy atom. The largest absolute Gasteiger partial charge is 0.479 e. The van der Waals surface area contributed by atoms with Crippen LogP contribution in [0.5, 0.6) is 5.88 Å². The average molecular weight is 175 g/mol. The molecule has 1 N–H and O–H groups in total. The highest BCUT2D eigenvalue weighted by Crippen LogP contribution is 2.22. The van der Waals surface area contributed by atoms with E-state index in [0.29, 0.717) is 6.61 Å². The van der Waals surface area contributed by atoms with Crippen molar-refractivity contribution in [3.63, 3.8) is 0 Å². The first-order valence-electron chi connectivity index (χ1n) is 4.52. The van der Waals surface area contributed by atoms with Crippen LogP contribution in [-0.2, 0) is 0 Å². The SMILES string of the molecule is CCOc1cc2c(C)cccc2[nH]1. The van der Waals surface area contributed by atoms with Crippen molar-refractivity contribution in [1.82, 2.24) is 4.98 Å². The van der Waals surface area contributed by atoms with Gasteiger partial charge in [-0.25, -0.2) is 0 Å². The van der Waals surface area contributed by atoms with Crippen molar-refractivity contribution in [2.24, 2.45) is 0 Å². The molecule has 0 aliphatic heterocycles. The second-order valence-corrected chi connectivity index (χ2v) is 3.10. The van der Waals surface area contributed by atoms with Crippen molar-refractivity contribution in [2.45, 2.75) is 13.8 Å². The molecule has 0 radical (unpaired) electrons. The molecule has 0 aliphatic carbocycles. The number of rotatable bonds is 2. The van der Waals surface area contributed by atoms with E-state index in [1.54, 1.807) is 0 Å². The summed E-state index contributed by atoms with van der Waals surface area (Å²) in [6, 6.07) is 8.26. The molecule has 2 rings (SSSR count). The lowest BCUT2D eigenvalue weighted by Gasteiger charge is -1.95. The number of aromatic nitrogens is 1. The van der Waals surface area contributed by atoms with Crippen molar-refractivity contribution in [3.05, 3.63) is 29.8 Å². The number of benzene rings is 1. The van der Waals surface area contributed by atoms with Crippen molar-refractivity contribution in [2.75, 3.05) is 6.61 Å². The molecule has 68 valence electrons. The fraction of sp³-hybridized carbons (Fsp3) is 0.273. The van der Waals surface area contributed by atoms with Crippen molar-refractivity contribution < 1.29 is 4.74 Å². The summed E-state index contributed by atoms with van der Waals surface area (Å²) in [5.41, 5.74) is 2.42. The van der Waals surface area contributed by atoms with Gasteiger partial charge in [0.2, 0.25) is 0 Å². The molecule has 13 heavy (non-hydrogen) atoms. The van der Waals surface area contributed by atoms with Crippen molar-refractivity contribution in [1.29, 1.82) is 0 Å². The van der Waals surface area contributed by atoms with Gasteiger partial charge in [0.1, 0.15) is 0 Å². The lowest BCUT2D eigenvalue weighted by molar-refractivity contribution is 0.329. The van der Waals surface area contributed by atoms with E-state index in [4.69, 9.17) is 4.74 Å². The summed E-state index contributed by atoms with van der Waals surface area (Å²) in [4.78, 5) is 3.22. The van der Waals surface area contributed by atoms with E-state index < -0.39 is 0 Å². The van der Waals surface area contributed by atoms with Gasteiger partial charge in [-0.15, -0.1) is 0 Å². The van der Waals surface area contributed by atoms with Gasteiger partial charge in [0.05, 0.1) is 6.61 Å². The van der Waals surface area contributed by atoms with E-state index in [1.165, 1.54) is 10.9 Å². The van der Waals surface area contributed by atoms with E-state index in [2.05, 4.69) is 24.0 Å². The average Bonchev–Trinajstić information content (AvgIpc) is 2.49. The molecule has 2 nitrogen and oxygen atoms in total. The van der Waals surface area contributed by atoms with Gasteiger partial charge >= 0.3 is 0 Å². The van der Waals surface area contributed by atoms with Crippen LogP contribution in [0.4, 0.5) is 0 Å². The minimum atomic E-state index is 0.700. The molecule has 0 unspecified atom stereocenters. The van der Waals surface area contributed by atoms with Crippen LogP contribution < -0.4 is 4.74 Å². The molecule has 0 aliphatic rings. The van der Waals surface area contributed by atoms with Crippen LogP contribution in [0, 0.1) is 6.92 Å². The van der Waals surface area contributed by atoms with Gasteiger partial charge in [-0.3, -0.25) is 0 Å². The monoisotopic (exact) mass is 175 g/mol. The Kier molecular flexibility index (Phi) is 1.97. The van der Waals surface area contributed by atoms with E-state index in [9.17, 15) is 0 Å². The lowest BCUT2D eigenvalue weighted by atomic mass is 10.1. The Balaban J connectivity index is 2.55. The summed E-state index contributed by atoms with van der Waals surface area (Å²) in [7, 11) is 0. The highest BCUT2D eigenvalue weighted by atomic mass is 16.5. The Hall–Kier alpha value is -1.44. The molecule has 1 aromatic carbocycles. The van der Waals surface area contributed by atoms with Gasteiger partial charge in [0.25, 0.3) is 0 Å². The third-order valence-corrected chi connectivity index (χ3v) is 2.16. The molecule has 0 saturated carbocycles. The first-order chi connectivity index (χ1) is 6.31. The smallest absolute Gasteiger partial charge is 0.191 e. The van der Waals surface area contributed by atoms with Gasteiger partial charge < -0.3 is 9.72 Å². The molecular formula is C11H13NO. The molecule has 1 aromatic heterocycles. The fourth-order valence-corrected chi connectivity index (χ4v) is 1.51. The number of H-pyrrole nitrogens is 1. The molecule has 1 heterocycles. The Bertz CT molecular complexity index is 417. The van der Waals surface area contributed by atoms with Gasteiger partial charge in [-0.2, -0.15) is 0 Å². The van der Waals surface area contributed by atoms with Crippen LogP contribution in [0.2, 0.25) is 0 Å². The molecule has 2 heteroatoms. The second-order valence-electron chi connectivity index (χ2n) is 3.10. The first kappa shape index (κ1) is 8.17. The Morgan fingerprint density at radius 3 is 2.92 bits per heavy atom. The van der Waals surface area contributed by atoms with E-state index in [1.807, 2.05) is 19.1 Å². The zero-order valence-corrected chi connectivity index (χ0v) is 7.92. The van der Waals surface area contributed by atoms with Crippen molar-refractivity contribution in [3.8, 4) is 5.88 Å². The van der Waals surface area contributed by atoms with Crippen LogP contribution in [0.15, 0.2) is 24.3 Å². The summed E-state index contributed by atoms with van der Waals surface area (Å²) in [5.74, 6) is 0.854. The summed E-state index contributed by atoms with van der Waals surface area (Å²) < 4.78 is 5.39. The molecule has 2 aromatic rings. The summed E-state index contributed by atoms with van der Waals surface area (Å²) in [5, 5.41) is 1.24. The van der Waals surface area contributed by atoms with Crippen LogP contribution in [0.3, 0.4) is 0 Å². The fourth-order valence-electron chi connectivity index (χ4n) is 1.51. The maximum absolute atomic E-state index is 5.39. The van der Waals surface area contributed by atoms with Crippen molar-refractivity contribution >= 4 is 10.9 Å². The highest BCUT2D eigenvalue weighted by molar-refractivity contribution is 5.84. The predicted molar refractivity (Wildman–Crippen MR) is 54.2 cm³/mol. The predicted octanol–water partition coefficient (Wildman–Crippen LogP) is 2.88. The Morgan fingerprint density at radius 2 is 2.23 bits per heavy atom. The molecular weight excluding hydrogens is 162 g/mol. The van der Waals surface area contributed by atoms with Gasteiger partial charge in [0.15, 0.2) is 5.88 Å². The lowest BCUT2D eigenvalue weighted by Crippen LogP contribution is -1.89. The van der Waals surface area contributed by atoms with Crippen LogP contribution in [0.1, 0.15) is 12.5 Å². The van der Waals surface area contributed by atoms with Crippen LogP contribution >= 0.6 is 0 Å². The van der Waals surface area contributed by atoms with E-state index in [0.717, 1.165) is 11.4 Å². The summed E-state index contributed by atoms with van der Waals surface area (Å²) in [6.07, 6.45) is 0. The van der Waals surface area contributed by atoms with E-state index in [-0.39, 0.29) is 0 Å². The maximum atomic E-state index is 5.39. The van der Waals surface area contributed by atoms with Gasteiger partial charge in [-0.1, -0.05) is 12.1 Å². The number of hydrogen-bond donors (Lipinski definition) is 1. The first-order valence-corrected chi connectivity index (χ1v) is 4.52. The Labute approximate surface area is 77.5 Å². The normalized spacial score (nSPS) is 10.6. The molecule has 0 saturated heterocycles. The van der Waals surface area contributed by atoms with Crippen LogP contribution in [0.25, 0.3) is 10.9 Å². The third kappa shape index (κ3) is 1.39. The molecule has 0 bridgehead atoms. The molecule has 0 fully saturated rings. The van der Waals surface area contributed by atoms with Gasteiger partial charge in [0, 0.05) is 17.0 Å². The summed E-state index contributed by atoms with van der Waals surface area (Å²) in [6.45, 7) is 4.79. The summed E-state index contributed by atoms with van der Waals surface area (Å²) >= 11 is 0. The number of nitrogens with one attached hydrogen (secondary N) is 1. The van der Waals surface area contributed by atoms with Gasteiger partial charge in [-0.05, 0) is 25.5 Å². The van der Waals surface area contributed by atoms with E-state index >= 15 is 0 Å².